The first-order valence-electron chi connectivity index (χ1n) is 8.21. The Labute approximate surface area is 146 Å². The van der Waals surface area contributed by atoms with Gasteiger partial charge in [-0.1, -0.05) is 19.1 Å². The fraction of sp³-hybridized carbons (Fsp3) is 0.368. The van der Waals surface area contributed by atoms with Crippen LogP contribution >= 0.6 is 11.3 Å². The molecule has 0 unspecified atom stereocenters. The number of rotatable bonds is 4. The van der Waals surface area contributed by atoms with Crippen LogP contribution in [0.3, 0.4) is 0 Å². The van der Waals surface area contributed by atoms with E-state index in [2.05, 4.69) is 18.3 Å². The topological polar surface area (TPSA) is 62.1 Å². The van der Waals surface area contributed by atoms with Crippen LogP contribution in [-0.4, -0.2) is 12.5 Å². The van der Waals surface area contributed by atoms with Crippen LogP contribution < -0.4 is 10.1 Å². The number of nitriles is 1. The van der Waals surface area contributed by atoms with Gasteiger partial charge in [-0.25, -0.2) is 0 Å². The Morgan fingerprint density at radius 2 is 2.25 bits per heavy atom. The molecule has 1 aliphatic rings. The Bertz CT molecular complexity index is 804. The summed E-state index contributed by atoms with van der Waals surface area (Å²) in [5.41, 5.74) is 2.24. The lowest BCUT2D eigenvalue weighted by atomic mass is 9.88. The third-order valence-electron chi connectivity index (χ3n) is 4.28. The molecule has 0 saturated carbocycles. The Morgan fingerprint density at radius 3 is 3.00 bits per heavy atom. The number of hydrogen-bond donors (Lipinski definition) is 1. The molecule has 0 saturated heterocycles. The number of thiophene rings is 1. The van der Waals surface area contributed by atoms with Gasteiger partial charge >= 0.3 is 0 Å². The standard InChI is InChI=1S/C19H20N2O2S/c1-3-23-16-7-5-4-6-14(16)18(22)21-19-15(11-20)13-9-8-12(2)10-17(13)24-19/h4-7,12H,3,8-10H2,1-2H3,(H,21,22)/t12-/m1/s1. The summed E-state index contributed by atoms with van der Waals surface area (Å²) >= 11 is 1.54. The molecule has 0 spiro atoms. The number of hydrogen-bond acceptors (Lipinski definition) is 4. The normalized spacial score (nSPS) is 16.1. The average molecular weight is 340 g/mol. The van der Waals surface area contributed by atoms with E-state index in [9.17, 15) is 10.1 Å². The van der Waals surface area contributed by atoms with Gasteiger partial charge in [-0.2, -0.15) is 5.26 Å². The molecule has 3 rings (SSSR count). The van der Waals surface area contributed by atoms with Crippen molar-refractivity contribution in [2.45, 2.75) is 33.1 Å². The van der Waals surface area contributed by atoms with Crippen LogP contribution in [0.25, 0.3) is 0 Å². The predicted molar refractivity (Wildman–Crippen MR) is 95.8 cm³/mol. The first-order chi connectivity index (χ1) is 11.6. The zero-order valence-corrected chi connectivity index (χ0v) is 14.7. The highest BCUT2D eigenvalue weighted by molar-refractivity contribution is 7.16. The summed E-state index contributed by atoms with van der Waals surface area (Å²) in [6, 6.07) is 9.45. The molecule has 124 valence electrons. The van der Waals surface area contributed by atoms with Crippen LogP contribution in [0.5, 0.6) is 5.75 Å². The van der Waals surface area contributed by atoms with E-state index in [-0.39, 0.29) is 5.91 Å². The largest absolute Gasteiger partial charge is 0.493 e. The number of carbonyl (C=O) groups excluding carboxylic acids is 1. The van der Waals surface area contributed by atoms with Gasteiger partial charge in [-0.3, -0.25) is 4.79 Å². The fourth-order valence-corrected chi connectivity index (χ4v) is 4.42. The van der Waals surface area contributed by atoms with Crippen molar-refractivity contribution in [1.29, 1.82) is 5.26 Å². The van der Waals surface area contributed by atoms with E-state index in [1.165, 1.54) is 16.2 Å². The van der Waals surface area contributed by atoms with Gasteiger partial charge in [-0.05, 0) is 49.8 Å². The molecule has 1 heterocycles. The summed E-state index contributed by atoms with van der Waals surface area (Å²) in [4.78, 5) is 13.9. The molecule has 5 heteroatoms. The molecule has 1 amide bonds. The van der Waals surface area contributed by atoms with Crippen molar-refractivity contribution in [3.63, 3.8) is 0 Å². The van der Waals surface area contributed by atoms with E-state index in [1.54, 1.807) is 12.1 Å². The maximum absolute atomic E-state index is 12.7. The maximum Gasteiger partial charge on any atom is 0.260 e. The van der Waals surface area contributed by atoms with Crippen LogP contribution in [0.1, 0.15) is 46.6 Å². The lowest BCUT2D eigenvalue weighted by Gasteiger charge is -2.17. The van der Waals surface area contributed by atoms with Gasteiger partial charge in [0.2, 0.25) is 0 Å². The lowest BCUT2D eigenvalue weighted by Crippen LogP contribution is -2.13. The van der Waals surface area contributed by atoms with E-state index < -0.39 is 0 Å². The van der Waals surface area contributed by atoms with Crippen molar-refractivity contribution in [2.75, 3.05) is 11.9 Å². The van der Waals surface area contributed by atoms with Gasteiger partial charge in [0.05, 0.1) is 17.7 Å². The Morgan fingerprint density at radius 1 is 1.46 bits per heavy atom. The van der Waals surface area contributed by atoms with E-state index in [1.807, 2.05) is 19.1 Å². The number of amides is 1. The molecule has 1 aromatic carbocycles. The first kappa shape index (κ1) is 16.5. The number of nitrogens with one attached hydrogen (secondary N) is 1. The van der Waals surface area contributed by atoms with Crippen LogP contribution in [0.15, 0.2) is 24.3 Å². The molecule has 1 aromatic heterocycles. The first-order valence-corrected chi connectivity index (χ1v) is 9.03. The maximum atomic E-state index is 12.7. The second-order valence-corrected chi connectivity index (χ2v) is 7.16. The molecule has 0 bridgehead atoms. The highest BCUT2D eigenvalue weighted by Crippen LogP contribution is 2.39. The summed E-state index contributed by atoms with van der Waals surface area (Å²) < 4.78 is 5.53. The molecule has 4 nitrogen and oxygen atoms in total. The third-order valence-corrected chi connectivity index (χ3v) is 5.45. The highest BCUT2D eigenvalue weighted by atomic mass is 32.1. The number of fused-ring (bicyclic) bond motifs is 1. The summed E-state index contributed by atoms with van der Waals surface area (Å²) in [5.74, 6) is 0.957. The summed E-state index contributed by atoms with van der Waals surface area (Å²) in [7, 11) is 0. The van der Waals surface area contributed by atoms with Gasteiger partial charge in [0.1, 0.15) is 16.8 Å². The molecule has 1 atom stereocenters. The number of para-hydroxylation sites is 1. The Hall–Kier alpha value is -2.32. The second-order valence-electron chi connectivity index (χ2n) is 6.05. The van der Waals surface area contributed by atoms with Crippen LogP contribution in [-0.2, 0) is 12.8 Å². The fourth-order valence-electron chi connectivity index (χ4n) is 3.06. The zero-order chi connectivity index (χ0) is 17.1. The Balaban J connectivity index is 1.89. The van der Waals surface area contributed by atoms with Crippen molar-refractivity contribution in [1.82, 2.24) is 0 Å². The quantitative estimate of drug-likeness (QED) is 0.897. The minimum absolute atomic E-state index is 0.234. The molecule has 0 aliphatic heterocycles. The molecule has 0 fully saturated rings. The number of carbonyl (C=O) groups is 1. The summed E-state index contributed by atoms with van der Waals surface area (Å²) in [6.45, 7) is 4.61. The van der Waals surface area contributed by atoms with Gasteiger partial charge in [0.15, 0.2) is 0 Å². The lowest BCUT2D eigenvalue weighted by molar-refractivity contribution is 0.102. The van der Waals surface area contributed by atoms with Crippen LogP contribution in [0.2, 0.25) is 0 Å². The minimum atomic E-state index is -0.234. The average Bonchev–Trinajstić information content (AvgIpc) is 2.91. The second kappa shape index (κ2) is 7.06. The molecular weight excluding hydrogens is 320 g/mol. The van der Waals surface area contributed by atoms with E-state index in [4.69, 9.17) is 4.74 Å². The monoisotopic (exact) mass is 340 g/mol. The Kier molecular flexibility index (Phi) is 4.86. The predicted octanol–water partition coefficient (Wildman–Crippen LogP) is 4.40. The van der Waals surface area contributed by atoms with Gasteiger partial charge in [-0.15, -0.1) is 11.3 Å². The van der Waals surface area contributed by atoms with Crippen LogP contribution in [0.4, 0.5) is 5.00 Å². The molecule has 1 aliphatic carbocycles. The van der Waals surface area contributed by atoms with E-state index in [0.29, 0.717) is 34.4 Å². The van der Waals surface area contributed by atoms with E-state index in [0.717, 1.165) is 24.8 Å². The number of nitrogens with zero attached hydrogens (tertiary/aromatic N) is 1. The molecule has 0 radical (unpaired) electrons. The molecule has 24 heavy (non-hydrogen) atoms. The van der Waals surface area contributed by atoms with Crippen molar-refractivity contribution < 1.29 is 9.53 Å². The number of anilines is 1. The minimum Gasteiger partial charge on any atom is -0.493 e. The van der Waals surface area contributed by atoms with Crippen molar-refractivity contribution in [3.05, 3.63) is 45.8 Å². The van der Waals surface area contributed by atoms with Gasteiger partial charge in [0, 0.05) is 4.88 Å². The van der Waals surface area contributed by atoms with Gasteiger partial charge < -0.3 is 10.1 Å². The summed E-state index contributed by atoms with van der Waals surface area (Å²) in [6.07, 6.45) is 3.00. The van der Waals surface area contributed by atoms with Crippen molar-refractivity contribution in [3.8, 4) is 11.8 Å². The SMILES string of the molecule is CCOc1ccccc1C(=O)Nc1sc2c(c1C#N)CC[C@@H](C)C2. The smallest absolute Gasteiger partial charge is 0.260 e. The molecule has 1 N–H and O–H groups in total. The summed E-state index contributed by atoms with van der Waals surface area (Å²) in [5, 5.41) is 13.1. The molecule has 2 aromatic rings. The van der Waals surface area contributed by atoms with Crippen molar-refractivity contribution >= 4 is 22.2 Å². The van der Waals surface area contributed by atoms with Crippen molar-refractivity contribution in [2.24, 2.45) is 5.92 Å². The third kappa shape index (κ3) is 3.15. The zero-order valence-electron chi connectivity index (χ0n) is 13.9. The van der Waals surface area contributed by atoms with E-state index >= 15 is 0 Å². The highest BCUT2D eigenvalue weighted by Gasteiger charge is 2.25. The number of ether oxygens (including phenoxy) is 1. The van der Waals surface area contributed by atoms with Crippen LogP contribution in [0, 0.1) is 17.2 Å². The molecular formula is C19H20N2O2S. The number of benzene rings is 1. The van der Waals surface area contributed by atoms with Gasteiger partial charge in [0.25, 0.3) is 5.91 Å².